The average molecular weight is 411 g/mol. The second-order valence-electron chi connectivity index (χ2n) is 8.82. The second-order valence-corrected chi connectivity index (χ2v) is 9.80. The lowest BCUT2D eigenvalue weighted by Crippen LogP contribution is -2.46. The lowest BCUT2D eigenvalue weighted by atomic mass is 9.78. The summed E-state index contributed by atoms with van der Waals surface area (Å²) in [5.74, 6) is 0. The first-order valence-corrected chi connectivity index (χ1v) is 11.0. The van der Waals surface area contributed by atoms with E-state index in [2.05, 4.69) is 59.3 Å². The summed E-state index contributed by atoms with van der Waals surface area (Å²) >= 11 is 1.66. The van der Waals surface area contributed by atoms with Gasteiger partial charge >= 0.3 is 0 Å². The van der Waals surface area contributed by atoms with Crippen LogP contribution in [0.5, 0.6) is 0 Å². The minimum atomic E-state index is 0.0638. The molecule has 2 aromatic heterocycles. The predicted molar refractivity (Wildman–Crippen MR) is 116 cm³/mol. The van der Waals surface area contributed by atoms with Crippen LogP contribution in [-0.2, 0) is 17.6 Å². The van der Waals surface area contributed by atoms with Crippen LogP contribution < -0.4 is 4.90 Å². The van der Waals surface area contributed by atoms with Gasteiger partial charge < -0.3 is 19.8 Å². The number of hydrogen-bond donors (Lipinski definition) is 2. The Morgan fingerprint density at radius 2 is 2.21 bits per heavy atom. The van der Waals surface area contributed by atoms with Crippen LogP contribution in [0.15, 0.2) is 35.6 Å². The highest BCUT2D eigenvalue weighted by molar-refractivity contribution is 7.17. The second kappa shape index (κ2) is 7.15. The Morgan fingerprint density at radius 3 is 3.07 bits per heavy atom. The zero-order valence-corrected chi connectivity index (χ0v) is 17.6. The maximum Gasteiger partial charge on any atom is 0.186 e. The number of aromatic amines is 1. The zero-order chi connectivity index (χ0) is 20.0. The van der Waals surface area contributed by atoms with Crippen molar-refractivity contribution in [3.8, 4) is 0 Å². The van der Waals surface area contributed by atoms with Crippen molar-refractivity contribution in [3.63, 3.8) is 0 Å². The molecule has 0 radical (unpaired) electrons. The summed E-state index contributed by atoms with van der Waals surface area (Å²) in [5, 5.41) is 15.4. The predicted octanol–water partition coefficient (Wildman–Crippen LogP) is 4.22. The molecule has 1 aromatic carbocycles. The van der Waals surface area contributed by atoms with Gasteiger partial charge in [0.1, 0.15) is 0 Å². The number of morpholine rings is 1. The van der Waals surface area contributed by atoms with Gasteiger partial charge in [0, 0.05) is 23.6 Å². The highest BCUT2D eigenvalue weighted by Gasteiger charge is 2.35. The maximum absolute atomic E-state index is 9.54. The molecular formula is C22H26N4O2S. The molecule has 2 aliphatic rings. The molecule has 1 saturated heterocycles. The Labute approximate surface area is 174 Å². The monoisotopic (exact) mass is 410 g/mol. The van der Waals surface area contributed by atoms with Gasteiger partial charge in [0.05, 0.1) is 35.5 Å². The van der Waals surface area contributed by atoms with E-state index in [1.54, 1.807) is 11.3 Å². The first-order valence-electron chi connectivity index (χ1n) is 10.1. The molecular weight excluding hydrogens is 384 g/mol. The van der Waals surface area contributed by atoms with Gasteiger partial charge in [-0.2, -0.15) is 0 Å². The van der Waals surface area contributed by atoms with Crippen molar-refractivity contribution in [1.29, 1.82) is 0 Å². The molecule has 5 rings (SSSR count). The van der Waals surface area contributed by atoms with Crippen LogP contribution >= 0.6 is 11.3 Å². The smallest absolute Gasteiger partial charge is 0.186 e. The van der Waals surface area contributed by atoms with E-state index in [9.17, 15) is 5.21 Å². The summed E-state index contributed by atoms with van der Waals surface area (Å²) in [7, 11) is 0. The number of para-hydroxylation sites is 1. The van der Waals surface area contributed by atoms with E-state index < -0.39 is 0 Å². The molecule has 1 aliphatic carbocycles. The van der Waals surface area contributed by atoms with E-state index in [0.717, 1.165) is 47.2 Å². The Bertz CT molecular complexity index is 1070. The minimum Gasteiger partial charge on any atom is -0.411 e. The SMILES string of the molecule is CC1(C)C/C(=N\O)c2sc(N3CCOC[C@@H]3Cc3c[nH]c4ccccc34)nc2C1. The third-order valence-electron chi connectivity index (χ3n) is 5.96. The van der Waals surface area contributed by atoms with Gasteiger partial charge in [0.25, 0.3) is 0 Å². The van der Waals surface area contributed by atoms with E-state index in [1.807, 2.05) is 0 Å². The summed E-state index contributed by atoms with van der Waals surface area (Å²) < 4.78 is 5.83. The van der Waals surface area contributed by atoms with E-state index in [1.165, 1.54) is 16.5 Å². The van der Waals surface area contributed by atoms with E-state index in [0.29, 0.717) is 13.2 Å². The molecule has 0 spiro atoms. The molecule has 1 atom stereocenters. The fourth-order valence-electron chi connectivity index (χ4n) is 4.57. The number of anilines is 1. The van der Waals surface area contributed by atoms with Crippen LogP contribution in [0.3, 0.4) is 0 Å². The van der Waals surface area contributed by atoms with Crippen LogP contribution in [0.2, 0.25) is 0 Å². The number of ether oxygens (including phenoxy) is 1. The number of benzene rings is 1. The lowest BCUT2D eigenvalue weighted by Gasteiger charge is -2.35. The van der Waals surface area contributed by atoms with E-state index in [4.69, 9.17) is 9.72 Å². The molecule has 152 valence electrons. The molecule has 0 bridgehead atoms. The van der Waals surface area contributed by atoms with Crippen LogP contribution in [0, 0.1) is 5.41 Å². The normalized spacial score (nSPS) is 22.9. The summed E-state index contributed by atoms with van der Waals surface area (Å²) in [4.78, 5) is 11.8. The molecule has 0 unspecified atom stereocenters. The van der Waals surface area contributed by atoms with Gasteiger partial charge in [-0.05, 0) is 36.3 Å². The van der Waals surface area contributed by atoms with Gasteiger partial charge in [-0.15, -0.1) is 0 Å². The molecule has 2 N–H and O–H groups in total. The highest BCUT2D eigenvalue weighted by Crippen LogP contribution is 2.40. The van der Waals surface area contributed by atoms with E-state index in [-0.39, 0.29) is 11.5 Å². The number of hydrogen-bond acceptors (Lipinski definition) is 6. The van der Waals surface area contributed by atoms with Crippen molar-refractivity contribution in [2.75, 3.05) is 24.7 Å². The first kappa shape index (κ1) is 18.6. The number of nitrogens with one attached hydrogen (secondary N) is 1. The zero-order valence-electron chi connectivity index (χ0n) is 16.8. The van der Waals surface area contributed by atoms with Crippen molar-refractivity contribution in [2.45, 2.75) is 39.2 Å². The number of nitrogens with zero attached hydrogens (tertiary/aromatic N) is 3. The largest absolute Gasteiger partial charge is 0.411 e. The number of thiazole rings is 1. The number of oxime groups is 1. The Morgan fingerprint density at radius 1 is 1.34 bits per heavy atom. The Hall–Kier alpha value is -2.38. The van der Waals surface area contributed by atoms with Crippen molar-refractivity contribution in [1.82, 2.24) is 9.97 Å². The summed E-state index contributed by atoms with van der Waals surface area (Å²) in [6.45, 7) is 6.63. The summed E-state index contributed by atoms with van der Waals surface area (Å²) in [6, 6.07) is 8.66. The molecule has 0 saturated carbocycles. The Balaban J connectivity index is 1.46. The fourth-order valence-corrected chi connectivity index (χ4v) is 5.73. The molecule has 3 aromatic rings. The van der Waals surface area contributed by atoms with Gasteiger partial charge in [-0.3, -0.25) is 0 Å². The molecule has 1 aliphatic heterocycles. The van der Waals surface area contributed by atoms with Crippen molar-refractivity contribution >= 4 is 33.1 Å². The number of rotatable bonds is 3. The van der Waals surface area contributed by atoms with Gasteiger partial charge in [-0.25, -0.2) is 4.98 Å². The van der Waals surface area contributed by atoms with Crippen LogP contribution in [0.25, 0.3) is 10.9 Å². The molecule has 29 heavy (non-hydrogen) atoms. The van der Waals surface area contributed by atoms with Crippen LogP contribution in [0.1, 0.15) is 36.4 Å². The maximum atomic E-state index is 9.54. The van der Waals surface area contributed by atoms with Crippen molar-refractivity contribution in [3.05, 3.63) is 46.6 Å². The third-order valence-corrected chi connectivity index (χ3v) is 7.15. The molecule has 3 heterocycles. The molecule has 7 heteroatoms. The van der Waals surface area contributed by atoms with Crippen molar-refractivity contribution in [2.24, 2.45) is 10.6 Å². The number of fused-ring (bicyclic) bond motifs is 2. The Kier molecular flexibility index (Phi) is 4.59. The first-order chi connectivity index (χ1) is 14.0. The molecule has 1 fully saturated rings. The third kappa shape index (κ3) is 3.42. The quantitative estimate of drug-likeness (QED) is 0.501. The van der Waals surface area contributed by atoms with Crippen molar-refractivity contribution < 1.29 is 9.94 Å². The summed E-state index contributed by atoms with van der Waals surface area (Å²) in [5.41, 5.74) is 4.37. The molecule has 0 amide bonds. The summed E-state index contributed by atoms with van der Waals surface area (Å²) in [6.07, 6.45) is 4.71. The van der Waals surface area contributed by atoms with E-state index >= 15 is 0 Å². The van der Waals surface area contributed by atoms with Gasteiger partial charge in [0.2, 0.25) is 0 Å². The standard InChI is InChI=1S/C22H26N4O2S/c1-22(2)10-18-20(19(11-22)25-27)29-21(24-18)26-7-8-28-13-15(26)9-14-12-23-17-6-4-3-5-16(14)17/h3-6,12,15,23,27H,7-11,13H2,1-2H3/b25-19+/t15-/m0/s1. The lowest BCUT2D eigenvalue weighted by molar-refractivity contribution is 0.0941. The van der Waals surface area contributed by atoms with Gasteiger partial charge in [-0.1, -0.05) is 48.5 Å². The fraction of sp³-hybridized carbons (Fsp3) is 0.455. The highest BCUT2D eigenvalue weighted by atomic mass is 32.1. The number of H-pyrrole nitrogens is 1. The van der Waals surface area contributed by atoms with Crippen LogP contribution in [0.4, 0.5) is 5.13 Å². The molecule has 6 nitrogen and oxygen atoms in total. The topological polar surface area (TPSA) is 73.7 Å². The average Bonchev–Trinajstić information content (AvgIpc) is 3.31. The van der Waals surface area contributed by atoms with Crippen LogP contribution in [-0.4, -0.2) is 46.7 Å². The minimum absolute atomic E-state index is 0.0638. The van der Waals surface area contributed by atoms with Gasteiger partial charge in [0.15, 0.2) is 5.13 Å². The number of aromatic nitrogens is 2.